The fourth-order valence-corrected chi connectivity index (χ4v) is 3.26. The van der Waals surface area contributed by atoms with Crippen LogP contribution in [0, 0.1) is 0 Å². The lowest BCUT2D eigenvalue weighted by Crippen LogP contribution is -2.25. The van der Waals surface area contributed by atoms with Crippen molar-refractivity contribution >= 4 is 5.82 Å². The Morgan fingerprint density at radius 1 is 1.16 bits per heavy atom. The van der Waals surface area contributed by atoms with E-state index in [2.05, 4.69) is 26.1 Å². The van der Waals surface area contributed by atoms with Gasteiger partial charge in [-0.15, -0.1) is 5.10 Å². The van der Waals surface area contributed by atoms with Gasteiger partial charge < -0.3 is 14.4 Å². The highest BCUT2D eigenvalue weighted by Crippen LogP contribution is 2.35. The number of aromatic nitrogens is 3. The topological polar surface area (TPSA) is 63.6 Å². The van der Waals surface area contributed by atoms with Gasteiger partial charge in [0.1, 0.15) is 5.69 Å². The van der Waals surface area contributed by atoms with E-state index in [4.69, 9.17) is 9.47 Å². The number of anilines is 1. The van der Waals surface area contributed by atoms with Crippen molar-refractivity contribution in [2.45, 2.75) is 25.4 Å². The highest BCUT2D eigenvalue weighted by Gasteiger charge is 2.29. The van der Waals surface area contributed by atoms with Crippen LogP contribution in [0.5, 0.6) is 11.5 Å². The van der Waals surface area contributed by atoms with Gasteiger partial charge in [0.2, 0.25) is 0 Å². The number of pyridine rings is 1. The molecule has 0 saturated carbocycles. The molecule has 7 heteroatoms. The summed E-state index contributed by atoms with van der Waals surface area (Å²) in [6.07, 6.45) is 3.96. The fourth-order valence-electron chi connectivity index (χ4n) is 3.26. The zero-order valence-corrected chi connectivity index (χ0v) is 15.3. The summed E-state index contributed by atoms with van der Waals surface area (Å²) in [5.41, 5.74) is 1.89. The minimum absolute atomic E-state index is 0.251. The van der Waals surface area contributed by atoms with Gasteiger partial charge in [-0.05, 0) is 31.5 Å². The summed E-state index contributed by atoms with van der Waals surface area (Å²) in [4.78, 5) is 8.83. The number of ether oxygens (including phenoxy) is 2. The van der Waals surface area contributed by atoms with Crippen LogP contribution in [0.1, 0.15) is 30.3 Å². The zero-order valence-electron chi connectivity index (χ0n) is 15.3. The van der Waals surface area contributed by atoms with Crippen LogP contribution in [-0.4, -0.2) is 54.9 Å². The number of rotatable bonds is 6. The summed E-state index contributed by atoms with van der Waals surface area (Å²) >= 11 is 0. The van der Waals surface area contributed by atoms with E-state index in [1.165, 1.54) is 0 Å². The Morgan fingerprint density at radius 3 is 2.64 bits per heavy atom. The van der Waals surface area contributed by atoms with Crippen LogP contribution in [0.15, 0.2) is 24.4 Å². The molecule has 1 aliphatic rings. The first-order valence-electron chi connectivity index (χ1n) is 8.45. The molecule has 134 valence electrons. The Hall–Kier alpha value is -2.41. The fraction of sp³-hybridized carbons (Fsp3) is 0.500. The SMILES string of the molecule is COc1ccnc(CN2CCCC2c2ccc(N(C)C)nn2)c1OC. The number of likely N-dealkylation sites (tertiary alicyclic amines) is 1. The Balaban J connectivity index is 1.80. The second kappa shape index (κ2) is 7.65. The molecule has 1 saturated heterocycles. The van der Waals surface area contributed by atoms with Crippen molar-refractivity contribution < 1.29 is 9.47 Å². The van der Waals surface area contributed by atoms with Gasteiger partial charge in [-0.2, -0.15) is 5.10 Å². The lowest BCUT2D eigenvalue weighted by Gasteiger charge is -2.24. The largest absolute Gasteiger partial charge is 0.493 e. The molecule has 1 aliphatic heterocycles. The van der Waals surface area contributed by atoms with Crippen LogP contribution in [0.25, 0.3) is 0 Å². The molecule has 1 fully saturated rings. The predicted octanol–water partition coefficient (Wildman–Crippen LogP) is 2.29. The standard InChI is InChI=1S/C18H25N5O2/c1-22(2)17-8-7-13(20-21-17)15-6-5-11-23(15)12-14-18(25-4)16(24-3)9-10-19-14/h7-10,15H,5-6,11-12H2,1-4H3. The maximum absolute atomic E-state index is 5.51. The molecule has 2 aromatic rings. The number of hydrogen-bond acceptors (Lipinski definition) is 7. The van der Waals surface area contributed by atoms with E-state index < -0.39 is 0 Å². The molecule has 0 bridgehead atoms. The number of methoxy groups -OCH3 is 2. The maximum Gasteiger partial charge on any atom is 0.183 e. The van der Waals surface area contributed by atoms with Gasteiger partial charge in [-0.3, -0.25) is 9.88 Å². The molecule has 0 aliphatic carbocycles. The molecule has 0 N–H and O–H groups in total. The molecular weight excluding hydrogens is 318 g/mol. The van der Waals surface area contributed by atoms with E-state index in [1.54, 1.807) is 20.4 Å². The molecular formula is C18H25N5O2. The Morgan fingerprint density at radius 2 is 2.00 bits per heavy atom. The normalized spacial score (nSPS) is 17.5. The molecule has 0 aromatic carbocycles. The lowest BCUT2D eigenvalue weighted by molar-refractivity contribution is 0.234. The van der Waals surface area contributed by atoms with E-state index in [9.17, 15) is 0 Å². The van der Waals surface area contributed by atoms with E-state index >= 15 is 0 Å². The van der Waals surface area contributed by atoms with Gasteiger partial charge in [-0.1, -0.05) is 0 Å². The quantitative estimate of drug-likeness (QED) is 0.797. The van der Waals surface area contributed by atoms with Gasteiger partial charge in [0.15, 0.2) is 17.3 Å². The molecule has 0 spiro atoms. The van der Waals surface area contributed by atoms with Crippen LogP contribution >= 0.6 is 0 Å². The van der Waals surface area contributed by atoms with Crippen LogP contribution in [0.3, 0.4) is 0 Å². The second-order valence-electron chi connectivity index (χ2n) is 6.33. The molecule has 7 nitrogen and oxygen atoms in total. The minimum Gasteiger partial charge on any atom is -0.493 e. The van der Waals surface area contributed by atoms with Gasteiger partial charge in [0.25, 0.3) is 0 Å². The van der Waals surface area contributed by atoms with E-state index in [-0.39, 0.29) is 6.04 Å². The average Bonchev–Trinajstić information content (AvgIpc) is 3.09. The summed E-state index contributed by atoms with van der Waals surface area (Å²) in [6.45, 7) is 1.70. The number of nitrogens with zero attached hydrogens (tertiary/aromatic N) is 5. The summed E-state index contributed by atoms with van der Waals surface area (Å²) in [5.74, 6) is 2.27. The van der Waals surface area contributed by atoms with Crippen molar-refractivity contribution in [3.63, 3.8) is 0 Å². The Labute approximate surface area is 148 Å². The first-order chi connectivity index (χ1) is 12.1. The van der Waals surface area contributed by atoms with E-state index in [0.717, 1.165) is 36.6 Å². The molecule has 0 radical (unpaired) electrons. The highest BCUT2D eigenvalue weighted by molar-refractivity contribution is 5.42. The van der Waals surface area contributed by atoms with Crippen molar-refractivity contribution in [3.8, 4) is 11.5 Å². The van der Waals surface area contributed by atoms with E-state index in [0.29, 0.717) is 18.0 Å². The van der Waals surface area contributed by atoms with Crippen molar-refractivity contribution in [2.24, 2.45) is 0 Å². The monoisotopic (exact) mass is 343 g/mol. The van der Waals surface area contributed by atoms with Crippen LogP contribution < -0.4 is 14.4 Å². The zero-order chi connectivity index (χ0) is 17.8. The van der Waals surface area contributed by atoms with Gasteiger partial charge in [0, 0.05) is 32.9 Å². The lowest BCUT2D eigenvalue weighted by atomic mass is 10.1. The first-order valence-corrected chi connectivity index (χ1v) is 8.45. The summed E-state index contributed by atoms with van der Waals surface area (Å²) in [7, 11) is 7.22. The molecule has 3 heterocycles. The molecule has 0 amide bonds. The third-order valence-corrected chi connectivity index (χ3v) is 4.55. The highest BCUT2D eigenvalue weighted by atomic mass is 16.5. The Kier molecular flexibility index (Phi) is 5.33. The molecule has 25 heavy (non-hydrogen) atoms. The predicted molar refractivity (Wildman–Crippen MR) is 96.1 cm³/mol. The summed E-state index contributed by atoms with van der Waals surface area (Å²) in [6, 6.07) is 6.15. The smallest absolute Gasteiger partial charge is 0.183 e. The van der Waals surface area contributed by atoms with Gasteiger partial charge in [-0.25, -0.2) is 0 Å². The van der Waals surface area contributed by atoms with Crippen molar-refractivity contribution in [1.29, 1.82) is 0 Å². The number of hydrogen-bond donors (Lipinski definition) is 0. The summed E-state index contributed by atoms with van der Waals surface area (Å²) in [5, 5.41) is 8.75. The Bertz CT molecular complexity index is 705. The van der Waals surface area contributed by atoms with Crippen LogP contribution in [-0.2, 0) is 6.54 Å². The van der Waals surface area contributed by atoms with Crippen LogP contribution in [0.4, 0.5) is 5.82 Å². The minimum atomic E-state index is 0.251. The maximum atomic E-state index is 5.51. The second-order valence-corrected chi connectivity index (χ2v) is 6.33. The van der Waals surface area contributed by atoms with Crippen molar-refractivity contribution in [2.75, 3.05) is 39.8 Å². The first kappa shape index (κ1) is 17.4. The third kappa shape index (κ3) is 3.66. The summed E-state index contributed by atoms with van der Waals surface area (Å²) < 4.78 is 10.9. The van der Waals surface area contributed by atoms with Gasteiger partial charge >= 0.3 is 0 Å². The van der Waals surface area contributed by atoms with Gasteiger partial charge in [0.05, 0.1) is 26.0 Å². The molecule has 2 aromatic heterocycles. The van der Waals surface area contributed by atoms with E-state index in [1.807, 2.05) is 31.1 Å². The van der Waals surface area contributed by atoms with Crippen LogP contribution in [0.2, 0.25) is 0 Å². The third-order valence-electron chi connectivity index (χ3n) is 4.55. The average molecular weight is 343 g/mol. The molecule has 1 unspecified atom stereocenters. The molecule has 1 atom stereocenters. The van der Waals surface area contributed by atoms with Crippen molar-refractivity contribution in [3.05, 3.63) is 35.8 Å². The molecule has 3 rings (SSSR count). The van der Waals surface area contributed by atoms with Crippen molar-refractivity contribution in [1.82, 2.24) is 20.1 Å².